The van der Waals surface area contributed by atoms with Crippen LogP contribution >= 0.6 is 11.6 Å². The summed E-state index contributed by atoms with van der Waals surface area (Å²) in [5.74, 6) is 1.39. The van der Waals surface area contributed by atoms with Crippen LogP contribution in [-0.2, 0) is 11.2 Å². The molecule has 0 bridgehead atoms. The smallest absolute Gasteiger partial charge is 0.137 e. The summed E-state index contributed by atoms with van der Waals surface area (Å²) in [6.45, 7) is 4.33. The van der Waals surface area contributed by atoms with Gasteiger partial charge in [0.1, 0.15) is 5.78 Å². The Hall–Kier alpha value is -0.820. The fourth-order valence-electron chi connectivity index (χ4n) is 1.60. The maximum absolute atomic E-state index is 11.5. The molecule has 0 radical (unpaired) electrons. The van der Waals surface area contributed by atoms with Gasteiger partial charge in [-0.15, -0.1) is 11.6 Å². The van der Waals surface area contributed by atoms with Crippen molar-refractivity contribution < 1.29 is 4.79 Å². The molecule has 0 atom stereocenters. The Labute approximate surface area is 103 Å². The van der Waals surface area contributed by atoms with Crippen LogP contribution in [0.4, 0.5) is 0 Å². The minimum Gasteiger partial charge on any atom is -0.299 e. The van der Waals surface area contributed by atoms with Gasteiger partial charge in [-0.25, -0.2) is 0 Å². The zero-order valence-corrected chi connectivity index (χ0v) is 10.8. The number of halogens is 1. The van der Waals surface area contributed by atoms with E-state index in [0.717, 1.165) is 12.0 Å². The molecule has 0 amide bonds. The Bertz CT molecular complexity index is 327. The molecule has 0 N–H and O–H groups in total. The van der Waals surface area contributed by atoms with Crippen LogP contribution in [0.5, 0.6) is 0 Å². The quantitative estimate of drug-likeness (QED) is 0.686. The van der Waals surface area contributed by atoms with Gasteiger partial charge < -0.3 is 0 Å². The van der Waals surface area contributed by atoms with Crippen LogP contribution in [0.2, 0.25) is 0 Å². The molecule has 0 aliphatic heterocycles. The average Bonchev–Trinajstić information content (AvgIpc) is 2.27. The molecular weight excluding hydrogens is 220 g/mol. The van der Waals surface area contributed by atoms with E-state index in [1.54, 1.807) is 0 Å². The summed E-state index contributed by atoms with van der Waals surface area (Å²) < 4.78 is 0. The molecule has 0 spiro atoms. The van der Waals surface area contributed by atoms with E-state index in [-0.39, 0.29) is 5.78 Å². The van der Waals surface area contributed by atoms with Crippen molar-refractivity contribution in [3.63, 3.8) is 0 Å². The van der Waals surface area contributed by atoms with Gasteiger partial charge in [-0.2, -0.15) is 0 Å². The minimum atomic E-state index is 0.276. The van der Waals surface area contributed by atoms with Crippen molar-refractivity contribution in [1.82, 2.24) is 0 Å². The summed E-state index contributed by atoms with van der Waals surface area (Å²) in [6, 6.07) is 8.31. The van der Waals surface area contributed by atoms with Gasteiger partial charge in [-0.05, 0) is 23.5 Å². The first-order valence-electron chi connectivity index (χ1n) is 5.80. The second kappa shape index (κ2) is 6.70. The van der Waals surface area contributed by atoms with Crippen LogP contribution in [-0.4, -0.2) is 11.7 Å². The Morgan fingerprint density at radius 2 is 1.88 bits per heavy atom. The molecule has 16 heavy (non-hydrogen) atoms. The van der Waals surface area contributed by atoms with E-state index in [9.17, 15) is 4.79 Å². The number of rotatable bonds is 6. The van der Waals surface area contributed by atoms with Crippen molar-refractivity contribution in [3.8, 4) is 0 Å². The van der Waals surface area contributed by atoms with Gasteiger partial charge >= 0.3 is 0 Å². The number of alkyl halides is 1. The van der Waals surface area contributed by atoms with Gasteiger partial charge in [0.2, 0.25) is 0 Å². The molecule has 1 rings (SSSR count). The fourth-order valence-corrected chi connectivity index (χ4v) is 1.73. The van der Waals surface area contributed by atoms with Crippen LogP contribution in [0.15, 0.2) is 24.3 Å². The predicted molar refractivity (Wildman–Crippen MR) is 69.2 cm³/mol. The lowest BCUT2D eigenvalue weighted by atomic mass is 9.99. The van der Waals surface area contributed by atoms with Gasteiger partial charge in [0.25, 0.3) is 0 Å². The molecule has 0 aliphatic rings. The maximum Gasteiger partial charge on any atom is 0.137 e. The number of Topliss-reactive ketones (excluding diaryl/α,β-unsaturated/α-hetero) is 1. The van der Waals surface area contributed by atoms with E-state index in [1.807, 2.05) is 12.1 Å². The van der Waals surface area contributed by atoms with Gasteiger partial charge in [0.15, 0.2) is 0 Å². The third kappa shape index (κ3) is 4.36. The average molecular weight is 239 g/mol. The molecule has 0 aromatic heterocycles. The lowest BCUT2D eigenvalue weighted by molar-refractivity contribution is -0.118. The van der Waals surface area contributed by atoms with Crippen molar-refractivity contribution in [1.29, 1.82) is 0 Å². The lowest BCUT2D eigenvalue weighted by Gasteiger charge is -2.06. The van der Waals surface area contributed by atoms with E-state index in [4.69, 9.17) is 11.6 Å². The molecule has 0 saturated heterocycles. The molecule has 0 saturated carbocycles. The monoisotopic (exact) mass is 238 g/mol. The SMILES string of the molecule is CC(C)c1ccc(CC(=O)CCCCl)cc1. The van der Waals surface area contributed by atoms with Crippen LogP contribution < -0.4 is 0 Å². The summed E-state index contributed by atoms with van der Waals surface area (Å²) in [6.07, 6.45) is 1.91. The molecule has 1 nitrogen and oxygen atoms in total. The highest BCUT2D eigenvalue weighted by Gasteiger charge is 2.04. The molecule has 0 unspecified atom stereocenters. The molecule has 88 valence electrons. The molecule has 0 aliphatic carbocycles. The summed E-state index contributed by atoms with van der Waals surface area (Å²) in [5, 5.41) is 0. The van der Waals surface area contributed by atoms with E-state index >= 15 is 0 Å². The highest BCUT2D eigenvalue weighted by atomic mass is 35.5. The number of carbonyl (C=O) groups excluding carboxylic acids is 1. The molecule has 0 heterocycles. The summed E-state index contributed by atoms with van der Waals surface area (Å²) in [5.41, 5.74) is 2.42. The highest BCUT2D eigenvalue weighted by Crippen LogP contribution is 2.15. The number of hydrogen-bond acceptors (Lipinski definition) is 1. The zero-order valence-electron chi connectivity index (χ0n) is 10.0. The second-order valence-corrected chi connectivity index (χ2v) is 4.78. The number of hydrogen-bond donors (Lipinski definition) is 0. The van der Waals surface area contributed by atoms with Crippen LogP contribution in [0.1, 0.15) is 43.7 Å². The Balaban J connectivity index is 2.51. The van der Waals surface area contributed by atoms with Crippen molar-refractivity contribution in [2.24, 2.45) is 0 Å². The topological polar surface area (TPSA) is 17.1 Å². The third-order valence-electron chi connectivity index (χ3n) is 2.64. The zero-order chi connectivity index (χ0) is 12.0. The number of carbonyl (C=O) groups is 1. The molecule has 1 aromatic rings. The van der Waals surface area contributed by atoms with Gasteiger partial charge in [0, 0.05) is 18.7 Å². The first-order valence-corrected chi connectivity index (χ1v) is 6.33. The van der Waals surface area contributed by atoms with Crippen molar-refractivity contribution in [2.45, 2.75) is 39.0 Å². The molecular formula is C14H19ClO. The Kier molecular flexibility index (Phi) is 5.54. The van der Waals surface area contributed by atoms with E-state index in [2.05, 4.69) is 26.0 Å². The molecule has 2 heteroatoms. The van der Waals surface area contributed by atoms with Crippen molar-refractivity contribution in [2.75, 3.05) is 5.88 Å². The third-order valence-corrected chi connectivity index (χ3v) is 2.90. The fraction of sp³-hybridized carbons (Fsp3) is 0.500. The van der Waals surface area contributed by atoms with E-state index in [0.29, 0.717) is 24.6 Å². The highest BCUT2D eigenvalue weighted by molar-refractivity contribution is 6.17. The number of ketones is 1. The Morgan fingerprint density at radius 3 is 2.38 bits per heavy atom. The first kappa shape index (κ1) is 13.2. The number of benzene rings is 1. The maximum atomic E-state index is 11.5. The Morgan fingerprint density at radius 1 is 1.25 bits per heavy atom. The lowest BCUT2D eigenvalue weighted by Crippen LogP contribution is -2.03. The normalized spacial score (nSPS) is 10.8. The van der Waals surface area contributed by atoms with Gasteiger partial charge in [-0.1, -0.05) is 38.1 Å². The largest absolute Gasteiger partial charge is 0.299 e. The standard InChI is InChI=1S/C14H19ClO/c1-11(2)13-7-5-12(6-8-13)10-14(16)4-3-9-15/h5-8,11H,3-4,9-10H2,1-2H3. The summed E-state index contributed by atoms with van der Waals surface area (Å²) in [7, 11) is 0. The van der Waals surface area contributed by atoms with Gasteiger partial charge in [-0.3, -0.25) is 4.79 Å². The van der Waals surface area contributed by atoms with Crippen molar-refractivity contribution >= 4 is 17.4 Å². The van der Waals surface area contributed by atoms with E-state index in [1.165, 1.54) is 5.56 Å². The van der Waals surface area contributed by atoms with Crippen LogP contribution in [0.25, 0.3) is 0 Å². The van der Waals surface area contributed by atoms with Gasteiger partial charge in [0.05, 0.1) is 0 Å². The summed E-state index contributed by atoms with van der Waals surface area (Å²) >= 11 is 5.55. The molecule has 0 fully saturated rings. The second-order valence-electron chi connectivity index (χ2n) is 4.40. The van der Waals surface area contributed by atoms with E-state index < -0.39 is 0 Å². The summed E-state index contributed by atoms with van der Waals surface area (Å²) in [4.78, 5) is 11.5. The van der Waals surface area contributed by atoms with Crippen LogP contribution in [0.3, 0.4) is 0 Å². The minimum absolute atomic E-state index is 0.276. The van der Waals surface area contributed by atoms with Crippen molar-refractivity contribution in [3.05, 3.63) is 35.4 Å². The predicted octanol–water partition coefficient (Wildman–Crippen LogP) is 3.94. The van der Waals surface area contributed by atoms with Crippen LogP contribution in [0, 0.1) is 0 Å². The first-order chi connectivity index (χ1) is 7.63. The molecule has 1 aromatic carbocycles.